The molecule has 1 heterocycles. The summed E-state index contributed by atoms with van der Waals surface area (Å²) < 4.78 is 0. The molecule has 0 saturated carbocycles. The van der Waals surface area contributed by atoms with Gasteiger partial charge in [-0.3, -0.25) is 0 Å². The fourth-order valence-electron chi connectivity index (χ4n) is 1.95. The van der Waals surface area contributed by atoms with E-state index in [1.54, 1.807) is 6.20 Å². The molecule has 0 fully saturated rings. The number of anilines is 1. The molecule has 1 aromatic carbocycles. The number of hydrogen-bond acceptors (Lipinski definition) is 4. The lowest BCUT2D eigenvalue weighted by atomic mass is 10.1. The second kappa shape index (κ2) is 7.75. The van der Waals surface area contributed by atoms with E-state index < -0.39 is 0 Å². The molecular formula is C15H20N4OS. The average Bonchev–Trinajstić information content (AvgIpc) is 2.99. The van der Waals surface area contributed by atoms with Gasteiger partial charge in [-0.1, -0.05) is 19.1 Å². The van der Waals surface area contributed by atoms with Crippen LogP contribution in [0.3, 0.4) is 0 Å². The van der Waals surface area contributed by atoms with Gasteiger partial charge >= 0.3 is 6.03 Å². The summed E-state index contributed by atoms with van der Waals surface area (Å²) in [5, 5.41) is 11.7. The lowest BCUT2D eigenvalue weighted by molar-refractivity contribution is 0.251. The Labute approximate surface area is 128 Å². The highest BCUT2D eigenvalue weighted by molar-refractivity contribution is 7.09. The van der Waals surface area contributed by atoms with Crippen LogP contribution in [0.4, 0.5) is 10.5 Å². The van der Waals surface area contributed by atoms with E-state index >= 15 is 0 Å². The van der Waals surface area contributed by atoms with Gasteiger partial charge in [0.2, 0.25) is 0 Å². The third-order valence-electron chi connectivity index (χ3n) is 3.06. The van der Waals surface area contributed by atoms with Gasteiger partial charge in [-0.15, -0.1) is 11.3 Å². The summed E-state index contributed by atoms with van der Waals surface area (Å²) >= 11 is 1.52. The highest BCUT2D eigenvalue weighted by Gasteiger charge is 2.05. The quantitative estimate of drug-likeness (QED) is 0.768. The minimum absolute atomic E-state index is 0.224. The molecule has 2 amide bonds. The molecule has 6 heteroatoms. The number of aromatic nitrogens is 1. The van der Waals surface area contributed by atoms with Gasteiger partial charge in [-0.05, 0) is 31.2 Å². The van der Waals surface area contributed by atoms with Crippen LogP contribution in [0.1, 0.15) is 30.5 Å². The van der Waals surface area contributed by atoms with Crippen molar-refractivity contribution >= 4 is 23.1 Å². The van der Waals surface area contributed by atoms with E-state index in [9.17, 15) is 4.79 Å². The maximum Gasteiger partial charge on any atom is 0.319 e. The zero-order chi connectivity index (χ0) is 15.1. The molecule has 0 radical (unpaired) electrons. The van der Waals surface area contributed by atoms with Crippen molar-refractivity contribution in [3.63, 3.8) is 0 Å². The van der Waals surface area contributed by atoms with Crippen molar-refractivity contribution in [3.05, 3.63) is 46.4 Å². The Morgan fingerprint density at radius 1 is 1.33 bits per heavy atom. The molecule has 0 aliphatic rings. The van der Waals surface area contributed by atoms with Crippen molar-refractivity contribution in [1.82, 2.24) is 15.6 Å². The number of urea groups is 1. The van der Waals surface area contributed by atoms with Gasteiger partial charge in [0.05, 0.1) is 6.54 Å². The average molecular weight is 304 g/mol. The van der Waals surface area contributed by atoms with Crippen molar-refractivity contribution in [1.29, 1.82) is 0 Å². The molecule has 0 saturated heterocycles. The van der Waals surface area contributed by atoms with Gasteiger partial charge in [0.1, 0.15) is 5.01 Å². The van der Waals surface area contributed by atoms with Crippen molar-refractivity contribution in [2.75, 3.05) is 11.9 Å². The van der Waals surface area contributed by atoms with Crippen LogP contribution in [0.15, 0.2) is 35.8 Å². The lowest BCUT2D eigenvalue weighted by Crippen LogP contribution is -2.28. The third kappa shape index (κ3) is 4.84. The second-order valence-electron chi connectivity index (χ2n) is 4.63. The van der Waals surface area contributed by atoms with Crippen LogP contribution < -0.4 is 16.0 Å². The Balaban J connectivity index is 1.83. The summed E-state index contributed by atoms with van der Waals surface area (Å²) in [6.45, 7) is 5.57. The summed E-state index contributed by atoms with van der Waals surface area (Å²) in [7, 11) is 0. The van der Waals surface area contributed by atoms with E-state index in [1.165, 1.54) is 16.9 Å². The molecule has 1 aromatic heterocycles. The minimum atomic E-state index is -0.224. The number of nitrogens with one attached hydrogen (secondary N) is 3. The van der Waals surface area contributed by atoms with Gasteiger partial charge in [0, 0.05) is 23.3 Å². The van der Waals surface area contributed by atoms with Gasteiger partial charge in [0.25, 0.3) is 0 Å². The normalized spacial score (nSPS) is 11.9. The standard InChI is InChI=1S/C15H20N4OS/c1-3-16-11(2)12-4-6-13(7-5-12)19-15(20)18-10-14-17-8-9-21-14/h4-9,11,16H,3,10H2,1-2H3,(H2,18,19,20). The zero-order valence-electron chi connectivity index (χ0n) is 12.2. The number of benzene rings is 1. The number of rotatable bonds is 6. The summed E-state index contributed by atoms with van der Waals surface area (Å²) in [5.74, 6) is 0. The Bertz CT molecular complexity index is 554. The summed E-state index contributed by atoms with van der Waals surface area (Å²) in [4.78, 5) is 15.9. The van der Waals surface area contributed by atoms with E-state index in [-0.39, 0.29) is 6.03 Å². The molecule has 112 valence electrons. The molecule has 1 unspecified atom stereocenters. The van der Waals surface area contributed by atoms with Crippen molar-refractivity contribution in [3.8, 4) is 0 Å². The molecule has 1 atom stereocenters. The van der Waals surface area contributed by atoms with Crippen LogP contribution in [0.25, 0.3) is 0 Å². The number of carbonyl (C=O) groups excluding carboxylic acids is 1. The molecule has 21 heavy (non-hydrogen) atoms. The number of thiazole rings is 1. The van der Waals surface area contributed by atoms with E-state index in [0.717, 1.165) is 17.2 Å². The van der Waals surface area contributed by atoms with Crippen molar-refractivity contribution in [2.24, 2.45) is 0 Å². The van der Waals surface area contributed by atoms with Gasteiger partial charge in [-0.25, -0.2) is 9.78 Å². The fourth-order valence-corrected chi connectivity index (χ4v) is 2.51. The topological polar surface area (TPSA) is 66.0 Å². The number of carbonyl (C=O) groups is 1. The monoisotopic (exact) mass is 304 g/mol. The van der Waals surface area contributed by atoms with Crippen LogP contribution in [0.2, 0.25) is 0 Å². The Morgan fingerprint density at radius 3 is 2.71 bits per heavy atom. The number of nitrogens with zero attached hydrogens (tertiary/aromatic N) is 1. The third-order valence-corrected chi connectivity index (χ3v) is 3.84. The molecule has 0 aliphatic heterocycles. The highest BCUT2D eigenvalue weighted by atomic mass is 32.1. The highest BCUT2D eigenvalue weighted by Crippen LogP contribution is 2.15. The molecule has 2 rings (SSSR count). The summed E-state index contributed by atoms with van der Waals surface area (Å²) in [6, 6.07) is 7.94. The Hall–Kier alpha value is -1.92. The molecule has 0 spiro atoms. The first-order chi connectivity index (χ1) is 10.2. The Morgan fingerprint density at radius 2 is 2.10 bits per heavy atom. The van der Waals surface area contributed by atoms with Crippen LogP contribution in [0, 0.1) is 0 Å². The summed E-state index contributed by atoms with van der Waals surface area (Å²) in [6.07, 6.45) is 1.73. The van der Waals surface area contributed by atoms with Crippen molar-refractivity contribution < 1.29 is 4.79 Å². The number of amides is 2. The first-order valence-electron chi connectivity index (χ1n) is 6.95. The zero-order valence-corrected chi connectivity index (χ0v) is 13.0. The van der Waals surface area contributed by atoms with Crippen LogP contribution in [-0.4, -0.2) is 17.6 Å². The maximum atomic E-state index is 11.8. The molecule has 2 aromatic rings. The van der Waals surface area contributed by atoms with E-state index in [1.807, 2.05) is 29.6 Å². The smallest absolute Gasteiger partial charge is 0.319 e. The lowest BCUT2D eigenvalue weighted by Gasteiger charge is -2.13. The first-order valence-corrected chi connectivity index (χ1v) is 7.83. The summed E-state index contributed by atoms with van der Waals surface area (Å²) in [5.41, 5.74) is 1.98. The maximum absolute atomic E-state index is 11.8. The molecule has 3 N–H and O–H groups in total. The van der Waals surface area contributed by atoms with Crippen LogP contribution in [0.5, 0.6) is 0 Å². The second-order valence-corrected chi connectivity index (χ2v) is 5.61. The van der Waals surface area contributed by atoms with Crippen LogP contribution in [-0.2, 0) is 6.54 Å². The molecule has 0 aliphatic carbocycles. The first kappa shape index (κ1) is 15.5. The van der Waals surface area contributed by atoms with Gasteiger partial charge in [0.15, 0.2) is 0 Å². The molecule has 0 bridgehead atoms. The van der Waals surface area contributed by atoms with Crippen molar-refractivity contribution in [2.45, 2.75) is 26.4 Å². The SMILES string of the molecule is CCNC(C)c1ccc(NC(=O)NCc2nccs2)cc1. The van der Waals surface area contributed by atoms with E-state index in [2.05, 4.69) is 34.8 Å². The van der Waals surface area contributed by atoms with E-state index in [4.69, 9.17) is 0 Å². The predicted molar refractivity (Wildman–Crippen MR) is 86.5 cm³/mol. The Kier molecular flexibility index (Phi) is 5.71. The molecule has 5 nitrogen and oxygen atoms in total. The largest absolute Gasteiger partial charge is 0.331 e. The van der Waals surface area contributed by atoms with Crippen LogP contribution >= 0.6 is 11.3 Å². The fraction of sp³-hybridized carbons (Fsp3) is 0.333. The minimum Gasteiger partial charge on any atom is -0.331 e. The molecular weight excluding hydrogens is 284 g/mol. The van der Waals surface area contributed by atoms with E-state index in [0.29, 0.717) is 12.6 Å². The number of hydrogen-bond donors (Lipinski definition) is 3. The van der Waals surface area contributed by atoms with Gasteiger partial charge < -0.3 is 16.0 Å². The van der Waals surface area contributed by atoms with Gasteiger partial charge in [-0.2, -0.15) is 0 Å². The predicted octanol–water partition coefficient (Wildman–Crippen LogP) is 3.14.